The first-order chi connectivity index (χ1) is 19.5. The molecule has 0 aliphatic heterocycles. The SMILES string of the molecule is CCCCNC(=O)[C@H](CC)N(Cc1cccc(C)c1)C(=O)CN(c1cc(Cl)ccc1C)S(=O)(=O)c1ccc(C)cc1. The molecule has 41 heavy (non-hydrogen) atoms. The summed E-state index contributed by atoms with van der Waals surface area (Å²) in [4.78, 5) is 29.0. The predicted octanol–water partition coefficient (Wildman–Crippen LogP) is 6.18. The summed E-state index contributed by atoms with van der Waals surface area (Å²) in [6.07, 6.45) is 2.12. The van der Waals surface area contributed by atoms with E-state index in [2.05, 4.69) is 5.32 Å². The van der Waals surface area contributed by atoms with Gasteiger partial charge >= 0.3 is 0 Å². The summed E-state index contributed by atoms with van der Waals surface area (Å²) >= 11 is 6.30. The predicted molar refractivity (Wildman–Crippen MR) is 166 cm³/mol. The Bertz CT molecular complexity index is 1460. The van der Waals surface area contributed by atoms with Crippen LogP contribution in [0.2, 0.25) is 5.02 Å². The molecule has 0 aliphatic carbocycles. The number of anilines is 1. The number of carbonyl (C=O) groups excluding carboxylic acids is 2. The maximum absolute atomic E-state index is 14.2. The summed E-state index contributed by atoms with van der Waals surface area (Å²) in [5.41, 5.74) is 3.74. The lowest BCUT2D eigenvalue weighted by Crippen LogP contribution is -2.52. The van der Waals surface area contributed by atoms with Gasteiger partial charge in [0.25, 0.3) is 10.0 Å². The maximum atomic E-state index is 14.2. The Morgan fingerprint density at radius 3 is 2.27 bits per heavy atom. The maximum Gasteiger partial charge on any atom is 0.264 e. The third-order valence-electron chi connectivity index (χ3n) is 6.98. The minimum absolute atomic E-state index is 0.0601. The number of halogens is 1. The zero-order chi connectivity index (χ0) is 30.2. The van der Waals surface area contributed by atoms with E-state index in [9.17, 15) is 18.0 Å². The summed E-state index contributed by atoms with van der Waals surface area (Å²) in [5.74, 6) is -0.743. The number of hydrogen-bond acceptors (Lipinski definition) is 4. The Kier molecular flexibility index (Phi) is 11.4. The lowest BCUT2D eigenvalue weighted by atomic mass is 10.1. The Morgan fingerprint density at radius 1 is 0.927 bits per heavy atom. The topological polar surface area (TPSA) is 86.8 Å². The average molecular weight is 598 g/mol. The van der Waals surface area contributed by atoms with Crippen LogP contribution in [0.25, 0.3) is 0 Å². The van der Waals surface area contributed by atoms with Crippen LogP contribution in [0.4, 0.5) is 5.69 Å². The van der Waals surface area contributed by atoms with E-state index in [4.69, 9.17) is 11.6 Å². The molecule has 0 saturated heterocycles. The lowest BCUT2D eigenvalue weighted by molar-refractivity contribution is -0.140. The summed E-state index contributed by atoms with van der Waals surface area (Å²) in [6.45, 7) is 9.67. The highest BCUT2D eigenvalue weighted by Crippen LogP contribution is 2.30. The van der Waals surface area contributed by atoms with Crippen LogP contribution in [-0.2, 0) is 26.2 Å². The van der Waals surface area contributed by atoms with Crippen molar-refractivity contribution in [3.8, 4) is 0 Å². The zero-order valence-electron chi connectivity index (χ0n) is 24.5. The van der Waals surface area contributed by atoms with E-state index in [1.807, 2.05) is 52.0 Å². The van der Waals surface area contributed by atoms with Crippen molar-refractivity contribution in [2.75, 3.05) is 17.4 Å². The van der Waals surface area contributed by atoms with Crippen molar-refractivity contribution >= 4 is 39.1 Å². The Labute approximate surface area is 249 Å². The highest BCUT2D eigenvalue weighted by atomic mass is 35.5. The second-order valence-electron chi connectivity index (χ2n) is 10.3. The molecule has 0 bridgehead atoms. The van der Waals surface area contributed by atoms with E-state index in [0.717, 1.165) is 33.8 Å². The van der Waals surface area contributed by atoms with Gasteiger partial charge in [-0.3, -0.25) is 13.9 Å². The number of benzene rings is 3. The second kappa shape index (κ2) is 14.5. The molecule has 220 valence electrons. The molecule has 0 aromatic heterocycles. The standard InChI is InChI=1S/C32H40ClN3O4S/c1-6-8-18-34-32(38)29(7-2)35(21-26-11-9-10-24(4)19-26)31(37)22-36(30-20-27(33)15-14-25(30)5)41(39,40)28-16-12-23(3)13-17-28/h9-17,19-20,29H,6-8,18,21-22H2,1-5H3,(H,34,38)/t29-/m0/s1. The largest absolute Gasteiger partial charge is 0.354 e. The molecule has 9 heteroatoms. The van der Waals surface area contributed by atoms with E-state index in [1.54, 1.807) is 37.3 Å². The van der Waals surface area contributed by atoms with E-state index in [1.165, 1.54) is 17.0 Å². The van der Waals surface area contributed by atoms with Crippen LogP contribution in [-0.4, -0.2) is 44.3 Å². The molecule has 3 aromatic carbocycles. The average Bonchev–Trinajstić information content (AvgIpc) is 2.93. The summed E-state index contributed by atoms with van der Waals surface area (Å²) in [6, 6.07) is 18.4. The zero-order valence-corrected chi connectivity index (χ0v) is 26.1. The molecule has 0 fully saturated rings. The number of unbranched alkanes of at least 4 members (excludes halogenated alkanes) is 1. The number of amides is 2. The number of rotatable bonds is 13. The van der Waals surface area contributed by atoms with Crippen LogP contribution in [0.5, 0.6) is 0 Å². The molecule has 3 rings (SSSR count). The van der Waals surface area contributed by atoms with Gasteiger partial charge in [0.05, 0.1) is 10.6 Å². The highest BCUT2D eigenvalue weighted by Gasteiger charge is 2.34. The van der Waals surface area contributed by atoms with Gasteiger partial charge in [-0.1, -0.05) is 85.5 Å². The molecular weight excluding hydrogens is 558 g/mol. The molecule has 1 N–H and O–H groups in total. The van der Waals surface area contributed by atoms with Gasteiger partial charge in [-0.25, -0.2) is 8.42 Å². The van der Waals surface area contributed by atoms with Crippen molar-refractivity contribution in [1.29, 1.82) is 0 Å². The molecule has 2 amide bonds. The Hall–Kier alpha value is -3.36. The van der Waals surface area contributed by atoms with Crippen LogP contribution in [0.3, 0.4) is 0 Å². The fourth-order valence-electron chi connectivity index (χ4n) is 4.63. The molecule has 3 aromatic rings. The van der Waals surface area contributed by atoms with Gasteiger partial charge in [0, 0.05) is 18.1 Å². The number of nitrogens with one attached hydrogen (secondary N) is 1. The Morgan fingerprint density at radius 2 is 1.63 bits per heavy atom. The van der Waals surface area contributed by atoms with Gasteiger partial charge in [0.1, 0.15) is 12.6 Å². The van der Waals surface area contributed by atoms with Crippen molar-refractivity contribution < 1.29 is 18.0 Å². The minimum atomic E-state index is -4.16. The van der Waals surface area contributed by atoms with Gasteiger partial charge in [-0.2, -0.15) is 0 Å². The summed E-state index contributed by atoms with van der Waals surface area (Å²) in [5, 5.41) is 3.30. The molecule has 7 nitrogen and oxygen atoms in total. The van der Waals surface area contributed by atoms with Crippen LogP contribution in [0.15, 0.2) is 71.6 Å². The van der Waals surface area contributed by atoms with E-state index in [-0.39, 0.29) is 17.3 Å². The number of hydrogen-bond donors (Lipinski definition) is 1. The van der Waals surface area contributed by atoms with Crippen LogP contribution in [0.1, 0.15) is 55.4 Å². The van der Waals surface area contributed by atoms with Crippen LogP contribution < -0.4 is 9.62 Å². The van der Waals surface area contributed by atoms with Crippen molar-refractivity contribution in [3.63, 3.8) is 0 Å². The van der Waals surface area contributed by atoms with E-state index in [0.29, 0.717) is 29.2 Å². The number of carbonyl (C=O) groups is 2. The van der Waals surface area contributed by atoms with Gasteiger partial charge in [0.2, 0.25) is 11.8 Å². The Balaban J connectivity index is 2.08. The third-order valence-corrected chi connectivity index (χ3v) is 8.99. The molecule has 0 saturated carbocycles. The first-order valence-corrected chi connectivity index (χ1v) is 15.8. The highest BCUT2D eigenvalue weighted by molar-refractivity contribution is 7.92. The summed E-state index contributed by atoms with van der Waals surface area (Å²) < 4.78 is 29.2. The van der Waals surface area contributed by atoms with Gasteiger partial charge in [-0.15, -0.1) is 0 Å². The van der Waals surface area contributed by atoms with Crippen LogP contribution >= 0.6 is 11.6 Å². The number of sulfonamides is 1. The van der Waals surface area contributed by atoms with Gasteiger partial charge in [0.15, 0.2) is 0 Å². The molecule has 0 aliphatic rings. The fourth-order valence-corrected chi connectivity index (χ4v) is 6.27. The van der Waals surface area contributed by atoms with Crippen molar-refractivity contribution in [2.24, 2.45) is 0 Å². The molecular formula is C32H40ClN3O4S. The van der Waals surface area contributed by atoms with Crippen LogP contribution in [0, 0.1) is 20.8 Å². The second-order valence-corrected chi connectivity index (χ2v) is 12.6. The monoisotopic (exact) mass is 597 g/mol. The van der Waals surface area contributed by atoms with Crippen molar-refractivity contribution in [2.45, 2.75) is 71.4 Å². The quantitative estimate of drug-likeness (QED) is 0.238. The first-order valence-electron chi connectivity index (χ1n) is 14.0. The normalized spacial score (nSPS) is 12.0. The molecule has 0 spiro atoms. The van der Waals surface area contributed by atoms with Crippen molar-refractivity contribution in [1.82, 2.24) is 10.2 Å². The number of nitrogens with zero attached hydrogens (tertiary/aromatic N) is 2. The molecule has 0 heterocycles. The minimum Gasteiger partial charge on any atom is -0.354 e. The third kappa shape index (κ3) is 8.33. The smallest absolute Gasteiger partial charge is 0.264 e. The first kappa shape index (κ1) is 32.2. The molecule has 0 unspecified atom stereocenters. The van der Waals surface area contributed by atoms with Gasteiger partial charge < -0.3 is 10.2 Å². The fraction of sp³-hybridized carbons (Fsp3) is 0.375. The van der Waals surface area contributed by atoms with Crippen molar-refractivity contribution in [3.05, 3.63) is 94.0 Å². The number of aryl methyl sites for hydroxylation is 3. The van der Waals surface area contributed by atoms with Gasteiger partial charge in [-0.05, 0) is 69.0 Å². The van der Waals surface area contributed by atoms with E-state index < -0.39 is 28.5 Å². The molecule has 1 atom stereocenters. The van der Waals surface area contributed by atoms with E-state index >= 15 is 0 Å². The lowest BCUT2D eigenvalue weighted by Gasteiger charge is -2.33. The summed E-state index contributed by atoms with van der Waals surface area (Å²) in [7, 11) is -4.16. The molecule has 0 radical (unpaired) electrons.